The third-order valence-corrected chi connectivity index (χ3v) is 10.2. The fourth-order valence-electron chi connectivity index (χ4n) is 6.84. The largest absolute Gasteiger partial charge is 0.466 e. The molecule has 0 aromatic heterocycles. The fourth-order valence-corrected chi connectivity index (χ4v) is 8.58. The second-order valence-corrected chi connectivity index (χ2v) is 12.4. The Balaban J connectivity index is 1.49. The predicted octanol–water partition coefficient (Wildman–Crippen LogP) is 6.65. The molecule has 1 amide bonds. The molecule has 43 heavy (non-hydrogen) atoms. The number of fused-ring (bicyclic) bond motifs is 6. The van der Waals surface area contributed by atoms with Gasteiger partial charge in [-0.05, 0) is 72.6 Å². The monoisotopic (exact) mass is 612 g/mol. The first-order valence-electron chi connectivity index (χ1n) is 14.0. The first-order valence-corrected chi connectivity index (χ1v) is 15.3. The Labute approximate surface area is 257 Å². The van der Waals surface area contributed by atoms with E-state index in [1.807, 2.05) is 59.5 Å². The maximum absolute atomic E-state index is 15.2. The van der Waals surface area contributed by atoms with Gasteiger partial charge in [0.25, 0.3) is 0 Å². The van der Waals surface area contributed by atoms with Crippen LogP contribution in [0.1, 0.15) is 28.4 Å². The van der Waals surface area contributed by atoms with Gasteiger partial charge in [-0.15, -0.1) is 0 Å². The van der Waals surface area contributed by atoms with Crippen LogP contribution in [0.3, 0.4) is 0 Å². The normalized spacial score (nSPS) is 23.3. The van der Waals surface area contributed by atoms with Crippen molar-refractivity contribution in [3.8, 4) is 0 Å². The maximum atomic E-state index is 15.2. The summed E-state index contributed by atoms with van der Waals surface area (Å²) in [6, 6.07) is 26.7. The van der Waals surface area contributed by atoms with Crippen LogP contribution < -0.4 is 9.80 Å². The van der Waals surface area contributed by atoms with Gasteiger partial charge in [-0.2, -0.15) is 0 Å². The molecular weight excluding hydrogens is 587 g/mol. The average Bonchev–Trinajstić information content (AvgIpc) is 3.61. The lowest BCUT2D eigenvalue weighted by Gasteiger charge is -2.33. The molecule has 3 aliphatic rings. The van der Waals surface area contributed by atoms with Gasteiger partial charge >= 0.3 is 5.97 Å². The Morgan fingerprint density at radius 1 is 0.953 bits per heavy atom. The highest BCUT2D eigenvalue weighted by Crippen LogP contribution is 2.65. The number of thioether (sulfide) groups is 1. The van der Waals surface area contributed by atoms with E-state index in [2.05, 4.69) is 0 Å². The van der Waals surface area contributed by atoms with Gasteiger partial charge in [0.05, 0.1) is 18.8 Å². The molecule has 216 valence electrons. The maximum Gasteiger partial charge on any atom is 0.313 e. The number of para-hydroxylation sites is 1. The Bertz CT molecular complexity index is 1770. The van der Waals surface area contributed by atoms with E-state index in [-0.39, 0.29) is 24.8 Å². The van der Waals surface area contributed by atoms with Crippen LogP contribution in [0, 0.1) is 11.7 Å². The minimum absolute atomic E-state index is 0.0552. The number of carbonyl (C=O) groups excluding carboxylic acids is 3. The van der Waals surface area contributed by atoms with Crippen LogP contribution in [-0.4, -0.2) is 35.7 Å². The van der Waals surface area contributed by atoms with Crippen LogP contribution in [0.25, 0.3) is 0 Å². The summed E-state index contributed by atoms with van der Waals surface area (Å²) in [5.41, 5.74) is 1.24. The number of ketones is 1. The van der Waals surface area contributed by atoms with Crippen molar-refractivity contribution in [2.45, 2.75) is 35.2 Å². The highest BCUT2D eigenvalue weighted by Gasteiger charge is 2.74. The molecule has 4 atom stereocenters. The second kappa shape index (κ2) is 10.5. The number of rotatable bonds is 6. The van der Waals surface area contributed by atoms with E-state index < -0.39 is 34.5 Å². The number of carbonyl (C=O) groups is 3. The lowest BCUT2D eigenvalue weighted by Crippen LogP contribution is -2.53. The number of halogens is 2. The van der Waals surface area contributed by atoms with Crippen molar-refractivity contribution in [1.29, 1.82) is 0 Å². The number of hydrogen-bond donors (Lipinski definition) is 0. The van der Waals surface area contributed by atoms with Gasteiger partial charge in [0, 0.05) is 21.2 Å². The minimum atomic E-state index is -1.62. The standard InChI is InChI=1S/C34H26ClFN2O4S/c1-2-42-31(40)28-29(30(39)21-12-14-22(35)15-13-21)38-26-10-6-7-11-27(26)43-33(38)34(28)24-18-23(36)16-17-25(24)37(32(34)41)19-20-8-4-3-5-9-20/h3-18,28-29,33H,2,19H2,1H3/t28-,29-,33+,34+/m1/s1. The van der Waals surface area contributed by atoms with Crippen LogP contribution in [0.5, 0.6) is 0 Å². The lowest BCUT2D eigenvalue weighted by atomic mass is 9.69. The molecular formula is C34H26ClFN2O4S. The summed E-state index contributed by atoms with van der Waals surface area (Å²) in [7, 11) is 0. The van der Waals surface area contributed by atoms with Crippen LogP contribution >= 0.6 is 23.4 Å². The van der Waals surface area contributed by atoms with Crippen molar-refractivity contribution >= 4 is 52.4 Å². The molecule has 0 saturated carbocycles. The van der Waals surface area contributed by atoms with Crippen LogP contribution in [0.15, 0.2) is 102 Å². The zero-order chi connectivity index (χ0) is 29.9. The number of amides is 1. The highest BCUT2D eigenvalue weighted by atomic mass is 35.5. The van der Waals surface area contributed by atoms with Gasteiger partial charge in [0.15, 0.2) is 5.78 Å². The van der Waals surface area contributed by atoms with Crippen molar-refractivity contribution in [3.05, 3.63) is 125 Å². The molecule has 1 saturated heterocycles. The predicted molar refractivity (Wildman–Crippen MR) is 164 cm³/mol. The molecule has 3 heterocycles. The molecule has 0 aliphatic carbocycles. The summed E-state index contributed by atoms with van der Waals surface area (Å²) in [6.45, 7) is 1.96. The number of esters is 1. The van der Waals surface area contributed by atoms with Crippen LogP contribution in [0.2, 0.25) is 5.02 Å². The summed E-state index contributed by atoms with van der Waals surface area (Å²) < 4.78 is 20.8. The van der Waals surface area contributed by atoms with Gasteiger partial charge in [-0.3, -0.25) is 14.4 Å². The van der Waals surface area contributed by atoms with E-state index in [0.717, 1.165) is 16.1 Å². The first-order chi connectivity index (χ1) is 20.9. The molecule has 0 bridgehead atoms. The minimum Gasteiger partial charge on any atom is -0.466 e. The van der Waals surface area contributed by atoms with E-state index in [4.69, 9.17) is 16.3 Å². The quantitative estimate of drug-likeness (QED) is 0.180. The summed E-state index contributed by atoms with van der Waals surface area (Å²) in [5, 5.41) is -0.248. The Morgan fingerprint density at radius 2 is 1.67 bits per heavy atom. The van der Waals surface area contributed by atoms with Crippen LogP contribution in [0.4, 0.5) is 15.8 Å². The van der Waals surface area contributed by atoms with Crippen molar-refractivity contribution in [1.82, 2.24) is 0 Å². The van der Waals surface area contributed by atoms with Crippen LogP contribution in [-0.2, 0) is 26.3 Å². The molecule has 3 aliphatic heterocycles. The molecule has 0 unspecified atom stereocenters. The fraction of sp³-hybridized carbons (Fsp3) is 0.206. The van der Waals surface area contributed by atoms with Crippen molar-refractivity contribution in [3.63, 3.8) is 0 Å². The average molecular weight is 613 g/mol. The molecule has 0 N–H and O–H groups in total. The lowest BCUT2D eigenvalue weighted by molar-refractivity contribution is -0.152. The van der Waals surface area contributed by atoms with E-state index in [1.165, 1.54) is 23.9 Å². The van der Waals surface area contributed by atoms with E-state index in [1.54, 1.807) is 42.2 Å². The van der Waals surface area contributed by atoms with Crippen molar-refractivity contribution in [2.24, 2.45) is 5.92 Å². The summed E-state index contributed by atoms with van der Waals surface area (Å²) in [5.74, 6) is -3.17. The number of hydrogen-bond acceptors (Lipinski definition) is 6. The van der Waals surface area contributed by atoms with Crippen molar-refractivity contribution in [2.75, 3.05) is 16.4 Å². The number of nitrogens with zero attached hydrogens (tertiary/aromatic N) is 2. The molecule has 9 heteroatoms. The van der Waals surface area contributed by atoms with Gasteiger partial charge in [-0.25, -0.2) is 4.39 Å². The highest BCUT2D eigenvalue weighted by molar-refractivity contribution is 8.00. The molecule has 4 aromatic carbocycles. The molecule has 1 spiro atoms. The molecule has 0 radical (unpaired) electrons. The summed E-state index contributed by atoms with van der Waals surface area (Å²) >= 11 is 7.56. The van der Waals surface area contributed by atoms with E-state index >= 15 is 9.18 Å². The molecule has 6 nitrogen and oxygen atoms in total. The third-order valence-electron chi connectivity index (χ3n) is 8.55. The smallest absolute Gasteiger partial charge is 0.313 e. The number of benzene rings is 4. The SMILES string of the molecule is CCOC(=O)[C@H]1[C@H](C(=O)c2ccc(Cl)cc2)N2c3ccccc3S[C@H]2[C@]12C(=O)N(Cc1ccccc1)c1ccc(F)cc12. The Morgan fingerprint density at radius 3 is 2.42 bits per heavy atom. The first kappa shape index (κ1) is 27.7. The van der Waals surface area contributed by atoms with Crippen molar-refractivity contribution < 1.29 is 23.5 Å². The zero-order valence-corrected chi connectivity index (χ0v) is 24.6. The number of Topliss-reactive ketones (excluding diaryl/α,β-unsaturated/α-hetero) is 1. The molecule has 4 aromatic rings. The third kappa shape index (κ3) is 4.11. The zero-order valence-electron chi connectivity index (χ0n) is 23.1. The summed E-state index contributed by atoms with van der Waals surface area (Å²) in [4.78, 5) is 48.2. The Hall–Kier alpha value is -4.14. The van der Waals surface area contributed by atoms with Gasteiger partial charge < -0.3 is 14.5 Å². The molecule has 1 fully saturated rings. The van der Waals surface area contributed by atoms with E-state index in [0.29, 0.717) is 21.8 Å². The topological polar surface area (TPSA) is 66.9 Å². The summed E-state index contributed by atoms with van der Waals surface area (Å²) in [6.07, 6.45) is 0. The molecule has 7 rings (SSSR count). The number of anilines is 2. The Kier molecular flexibility index (Phi) is 6.78. The van der Waals surface area contributed by atoms with Gasteiger partial charge in [0.1, 0.15) is 28.6 Å². The van der Waals surface area contributed by atoms with Gasteiger partial charge in [0.2, 0.25) is 5.91 Å². The van der Waals surface area contributed by atoms with Gasteiger partial charge in [-0.1, -0.05) is 65.8 Å². The number of ether oxygens (including phenoxy) is 1. The van der Waals surface area contributed by atoms with E-state index in [9.17, 15) is 9.59 Å². The second-order valence-electron chi connectivity index (χ2n) is 10.8.